The fourth-order valence-electron chi connectivity index (χ4n) is 2.45. The van der Waals surface area contributed by atoms with Crippen molar-refractivity contribution in [1.29, 1.82) is 0 Å². The summed E-state index contributed by atoms with van der Waals surface area (Å²) in [5.41, 5.74) is -0.0976. The van der Waals surface area contributed by atoms with Crippen molar-refractivity contribution in [3.05, 3.63) is 58.8 Å². The Labute approximate surface area is 141 Å². The molecule has 2 aromatic carbocycles. The van der Waals surface area contributed by atoms with Crippen LogP contribution in [0.5, 0.6) is 17.2 Å². The molecule has 3 rings (SSSR count). The first-order valence-corrected chi connectivity index (χ1v) is 7.21. The van der Waals surface area contributed by atoms with Crippen molar-refractivity contribution in [3.63, 3.8) is 0 Å². The third kappa shape index (κ3) is 3.17. The summed E-state index contributed by atoms with van der Waals surface area (Å²) in [6.07, 6.45) is -3.03. The van der Waals surface area contributed by atoms with Gasteiger partial charge < -0.3 is 14.2 Å². The van der Waals surface area contributed by atoms with Crippen molar-refractivity contribution in [2.75, 3.05) is 14.2 Å². The van der Waals surface area contributed by atoms with Gasteiger partial charge in [0.05, 0.1) is 19.8 Å². The summed E-state index contributed by atoms with van der Waals surface area (Å²) < 4.78 is 53.6. The van der Waals surface area contributed by atoms with E-state index in [4.69, 9.17) is 14.2 Å². The van der Waals surface area contributed by atoms with Gasteiger partial charge in [-0.1, -0.05) is 12.1 Å². The second-order valence-corrected chi connectivity index (χ2v) is 5.26. The van der Waals surface area contributed by atoms with E-state index in [-0.39, 0.29) is 17.1 Å². The Balaban J connectivity index is 1.95. The van der Waals surface area contributed by atoms with Gasteiger partial charge in [0.1, 0.15) is 22.8 Å². The van der Waals surface area contributed by atoms with Crippen molar-refractivity contribution < 1.29 is 32.2 Å². The minimum atomic E-state index is -4.41. The molecule has 1 aliphatic rings. The van der Waals surface area contributed by atoms with Crippen LogP contribution in [0.2, 0.25) is 0 Å². The van der Waals surface area contributed by atoms with E-state index in [1.165, 1.54) is 32.4 Å². The molecular formula is C18H13F3O4. The number of allylic oxidation sites excluding steroid dienone is 1. The number of rotatable bonds is 3. The largest absolute Gasteiger partial charge is 0.496 e. The summed E-state index contributed by atoms with van der Waals surface area (Å²) in [7, 11) is 2.89. The Hall–Kier alpha value is -2.96. The van der Waals surface area contributed by atoms with E-state index in [1.54, 1.807) is 12.1 Å². The van der Waals surface area contributed by atoms with Crippen LogP contribution in [0.25, 0.3) is 6.08 Å². The average molecular weight is 350 g/mol. The van der Waals surface area contributed by atoms with Crippen LogP contribution in [0, 0.1) is 0 Å². The van der Waals surface area contributed by atoms with Crippen LogP contribution in [0.15, 0.2) is 42.2 Å². The number of hydrogen-bond acceptors (Lipinski definition) is 4. The fourth-order valence-corrected chi connectivity index (χ4v) is 2.45. The molecule has 1 heterocycles. The van der Waals surface area contributed by atoms with Gasteiger partial charge >= 0.3 is 6.18 Å². The quantitative estimate of drug-likeness (QED) is 0.773. The third-order valence-electron chi connectivity index (χ3n) is 3.70. The van der Waals surface area contributed by atoms with Crippen molar-refractivity contribution in [2.24, 2.45) is 0 Å². The first kappa shape index (κ1) is 16.9. The van der Waals surface area contributed by atoms with E-state index >= 15 is 0 Å². The third-order valence-corrected chi connectivity index (χ3v) is 3.70. The molecule has 2 aromatic rings. The first-order chi connectivity index (χ1) is 11.8. The van der Waals surface area contributed by atoms with E-state index in [0.29, 0.717) is 17.1 Å². The minimum absolute atomic E-state index is 0.00121. The lowest BCUT2D eigenvalue weighted by Crippen LogP contribution is -2.04. The normalized spacial score (nSPS) is 15.1. The Kier molecular flexibility index (Phi) is 4.16. The topological polar surface area (TPSA) is 44.8 Å². The van der Waals surface area contributed by atoms with Crippen LogP contribution in [0.3, 0.4) is 0 Å². The van der Waals surface area contributed by atoms with E-state index in [0.717, 1.165) is 12.1 Å². The average Bonchev–Trinajstić information content (AvgIpc) is 2.89. The Bertz CT molecular complexity index is 852. The lowest BCUT2D eigenvalue weighted by molar-refractivity contribution is -0.137. The summed E-state index contributed by atoms with van der Waals surface area (Å²) in [6.45, 7) is 0. The highest BCUT2D eigenvalue weighted by Gasteiger charge is 2.32. The molecule has 0 bridgehead atoms. The second-order valence-electron chi connectivity index (χ2n) is 5.26. The number of Topliss-reactive ketones (excluding diaryl/α,β-unsaturated/α-hetero) is 1. The van der Waals surface area contributed by atoms with Gasteiger partial charge in [0, 0.05) is 12.1 Å². The predicted octanol–water partition coefficient (Wildman–Crippen LogP) is 4.34. The van der Waals surface area contributed by atoms with E-state index in [9.17, 15) is 18.0 Å². The molecule has 0 N–H and O–H groups in total. The molecule has 25 heavy (non-hydrogen) atoms. The molecule has 0 spiro atoms. The molecule has 130 valence electrons. The molecule has 0 radical (unpaired) electrons. The van der Waals surface area contributed by atoms with Crippen LogP contribution >= 0.6 is 0 Å². The van der Waals surface area contributed by atoms with Crippen LogP contribution in [0.1, 0.15) is 21.5 Å². The highest BCUT2D eigenvalue weighted by atomic mass is 19.4. The number of methoxy groups -OCH3 is 2. The highest BCUT2D eigenvalue weighted by molar-refractivity contribution is 6.16. The summed E-state index contributed by atoms with van der Waals surface area (Å²) in [4.78, 5) is 12.5. The molecule has 4 nitrogen and oxygen atoms in total. The van der Waals surface area contributed by atoms with Gasteiger partial charge in [-0.15, -0.1) is 0 Å². The number of carbonyl (C=O) groups excluding carboxylic acids is 1. The maximum absolute atomic E-state index is 12.6. The summed E-state index contributed by atoms with van der Waals surface area (Å²) in [5.74, 6) is 0.629. The van der Waals surface area contributed by atoms with Crippen molar-refractivity contribution in [1.82, 2.24) is 0 Å². The standard InChI is InChI=1S/C18H13F3O4/c1-23-12-8-13(24-2)16-14(9-12)25-15(17(16)22)7-10-3-5-11(6-4-10)18(19,20)21/h3-9H,1-2H3. The predicted molar refractivity (Wildman–Crippen MR) is 83.9 cm³/mol. The van der Waals surface area contributed by atoms with Crippen molar-refractivity contribution in [2.45, 2.75) is 6.18 Å². The zero-order valence-corrected chi connectivity index (χ0v) is 13.3. The summed E-state index contributed by atoms with van der Waals surface area (Å²) in [6, 6.07) is 7.54. The van der Waals surface area contributed by atoms with Gasteiger partial charge in [-0.25, -0.2) is 0 Å². The molecule has 0 atom stereocenters. The van der Waals surface area contributed by atoms with Gasteiger partial charge in [-0.2, -0.15) is 13.2 Å². The number of ketones is 1. The smallest absolute Gasteiger partial charge is 0.416 e. The molecule has 0 saturated carbocycles. The van der Waals surface area contributed by atoms with E-state index in [1.807, 2.05) is 0 Å². The maximum atomic E-state index is 12.6. The monoisotopic (exact) mass is 350 g/mol. The lowest BCUT2D eigenvalue weighted by Gasteiger charge is -2.07. The number of benzene rings is 2. The molecule has 7 heteroatoms. The fraction of sp³-hybridized carbons (Fsp3) is 0.167. The molecule has 1 aliphatic heterocycles. The van der Waals surface area contributed by atoms with E-state index in [2.05, 4.69) is 0 Å². The molecular weight excluding hydrogens is 337 g/mol. The van der Waals surface area contributed by atoms with Crippen LogP contribution in [-0.4, -0.2) is 20.0 Å². The number of halogens is 3. The summed E-state index contributed by atoms with van der Waals surface area (Å²) in [5, 5.41) is 0. The zero-order chi connectivity index (χ0) is 18.2. The molecule has 0 aromatic heterocycles. The number of hydrogen-bond donors (Lipinski definition) is 0. The highest BCUT2D eigenvalue weighted by Crippen LogP contribution is 2.41. The van der Waals surface area contributed by atoms with Gasteiger partial charge in [0.25, 0.3) is 0 Å². The number of fused-ring (bicyclic) bond motifs is 1. The zero-order valence-electron chi connectivity index (χ0n) is 13.3. The Morgan fingerprint density at radius 1 is 1.04 bits per heavy atom. The number of carbonyl (C=O) groups is 1. The van der Waals surface area contributed by atoms with Crippen LogP contribution in [0.4, 0.5) is 13.2 Å². The molecule has 0 unspecified atom stereocenters. The molecule has 0 aliphatic carbocycles. The second kappa shape index (κ2) is 6.16. The Morgan fingerprint density at radius 2 is 1.72 bits per heavy atom. The first-order valence-electron chi connectivity index (χ1n) is 7.21. The van der Waals surface area contributed by atoms with E-state index < -0.39 is 17.5 Å². The van der Waals surface area contributed by atoms with Gasteiger partial charge in [0.2, 0.25) is 5.78 Å². The van der Waals surface area contributed by atoms with Crippen molar-refractivity contribution >= 4 is 11.9 Å². The summed E-state index contributed by atoms with van der Waals surface area (Å²) >= 11 is 0. The SMILES string of the molecule is COc1cc(OC)c2c(c1)OC(=Cc1ccc(C(F)(F)F)cc1)C2=O. The lowest BCUT2D eigenvalue weighted by atomic mass is 10.1. The van der Waals surface area contributed by atoms with Crippen LogP contribution in [-0.2, 0) is 6.18 Å². The molecule has 0 amide bonds. The molecule has 0 saturated heterocycles. The van der Waals surface area contributed by atoms with Gasteiger partial charge in [-0.3, -0.25) is 4.79 Å². The van der Waals surface area contributed by atoms with Crippen LogP contribution < -0.4 is 14.2 Å². The van der Waals surface area contributed by atoms with Gasteiger partial charge in [0.15, 0.2) is 5.76 Å². The van der Waals surface area contributed by atoms with Gasteiger partial charge in [-0.05, 0) is 23.8 Å². The number of alkyl halides is 3. The molecule has 0 fully saturated rings. The number of ether oxygens (including phenoxy) is 3. The van der Waals surface area contributed by atoms with Crippen molar-refractivity contribution in [3.8, 4) is 17.2 Å². The Morgan fingerprint density at radius 3 is 2.28 bits per heavy atom. The minimum Gasteiger partial charge on any atom is -0.496 e. The maximum Gasteiger partial charge on any atom is 0.416 e.